The molecule has 2 fully saturated rings. The Hall–Kier alpha value is -0.250. The van der Waals surface area contributed by atoms with Crippen LogP contribution in [0.4, 0.5) is 0 Å². The average Bonchev–Trinajstić information content (AvgIpc) is 3.25. The fraction of sp³-hybridized carbons (Fsp3) is 0.611. The molecule has 1 aliphatic heterocycles. The molecular formula is C18H27I2N3O. The van der Waals surface area contributed by atoms with E-state index < -0.39 is 0 Å². The average molecular weight is 555 g/mol. The number of guanidine groups is 1. The Labute approximate surface area is 176 Å². The van der Waals surface area contributed by atoms with Crippen LogP contribution in [0.15, 0.2) is 29.3 Å². The maximum Gasteiger partial charge on any atom is 0.194 e. The molecule has 1 aromatic carbocycles. The van der Waals surface area contributed by atoms with E-state index in [0.29, 0.717) is 12.1 Å². The molecule has 134 valence electrons. The number of nitrogens with one attached hydrogen (secondary N) is 1. The second-order valence-electron chi connectivity index (χ2n) is 6.50. The van der Waals surface area contributed by atoms with Crippen molar-refractivity contribution in [2.75, 3.05) is 19.6 Å². The van der Waals surface area contributed by atoms with Crippen molar-refractivity contribution in [3.63, 3.8) is 0 Å². The number of piperidine rings is 1. The molecule has 0 bridgehead atoms. The summed E-state index contributed by atoms with van der Waals surface area (Å²) in [5.41, 5.74) is 0. The molecule has 1 saturated carbocycles. The number of rotatable bonds is 4. The van der Waals surface area contributed by atoms with Gasteiger partial charge in [0.15, 0.2) is 5.96 Å². The van der Waals surface area contributed by atoms with Gasteiger partial charge in [-0.2, -0.15) is 0 Å². The Morgan fingerprint density at radius 3 is 2.58 bits per heavy atom. The van der Waals surface area contributed by atoms with Gasteiger partial charge in [-0.1, -0.05) is 19.1 Å². The highest BCUT2D eigenvalue weighted by molar-refractivity contribution is 14.1. The third-order valence-electron chi connectivity index (χ3n) is 4.60. The first-order valence-corrected chi connectivity index (χ1v) is 9.72. The molecule has 4 nitrogen and oxygen atoms in total. The molecule has 0 radical (unpaired) electrons. The van der Waals surface area contributed by atoms with Gasteiger partial charge >= 0.3 is 0 Å². The molecule has 0 aromatic heterocycles. The van der Waals surface area contributed by atoms with E-state index in [1.165, 1.54) is 9.99 Å². The highest BCUT2D eigenvalue weighted by Crippen LogP contribution is 2.29. The van der Waals surface area contributed by atoms with Crippen LogP contribution in [-0.2, 0) is 0 Å². The van der Waals surface area contributed by atoms with Gasteiger partial charge in [0.25, 0.3) is 0 Å². The molecule has 2 unspecified atom stereocenters. The van der Waals surface area contributed by atoms with E-state index in [4.69, 9.17) is 4.74 Å². The lowest BCUT2D eigenvalue weighted by Crippen LogP contribution is -2.48. The number of nitrogens with zero attached hydrogens (tertiary/aromatic N) is 2. The van der Waals surface area contributed by atoms with E-state index in [-0.39, 0.29) is 24.0 Å². The maximum absolute atomic E-state index is 6.19. The fourth-order valence-electron chi connectivity index (χ4n) is 2.98. The number of likely N-dealkylation sites (tertiary alicyclic amines) is 1. The largest absolute Gasteiger partial charge is 0.489 e. The molecular weight excluding hydrogens is 528 g/mol. The Morgan fingerprint density at radius 2 is 2.00 bits per heavy atom. The molecule has 1 saturated heterocycles. The van der Waals surface area contributed by atoms with Crippen molar-refractivity contribution in [1.29, 1.82) is 0 Å². The maximum atomic E-state index is 6.19. The zero-order valence-corrected chi connectivity index (χ0v) is 18.9. The molecule has 6 heteroatoms. The summed E-state index contributed by atoms with van der Waals surface area (Å²) in [7, 11) is 0. The second-order valence-corrected chi connectivity index (χ2v) is 7.66. The summed E-state index contributed by atoms with van der Waals surface area (Å²) >= 11 is 2.34. The summed E-state index contributed by atoms with van der Waals surface area (Å²) in [6, 6.07) is 8.88. The number of hydrogen-bond acceptors (Lipinski definition) is 2. The van der Waals surface area contributed by atoms with Gasteiger partial charge in [0.1, 0.15) is 11.9 Å². The van der Waals surface area contributed by atoms with Crippen molar-refractivity contribution in [2.45, 2.75) is 45.3 Å². The lowest BCUT2D eigenvalue weighted by Gasteiger charge is -2.34. The highest BCUT2D eigenvalue weighted by Gasteiger charge is 2.34. The van der Waals surface area contributed by atoms with Gasteiger partial charge in [-0.05, 0) is 54.0 Å². The number of aliphatic imine (C=N–C) groups is 1. The van der Waals surface area contributed by atoms with Gasteiger partial charge in [0, 0.05) is 38.5 Å². The summed E-state index contributed by atoms with van der Waals surface area (Å²) in [6.45, 7) is 7.26. The van der Waals surface area contributed by atoms with Crippen molar-refractivity contribution < 1.29 is 4.74 Å². The zero-order valence-electron chi connectivity index (χ0n) is 14.4. The van der Waals surface area contributed by atoms with Gasteiger partial charge in [0.05, 0.1) is 3.57 Å². The lowest BCUT2D eigenvalue weighted by atomic mass is 10.1. The first-order chi connectivity index (χ1) is 11.2. The molecule has 2 aliphatic rings. The van der Waals surface area contributed by atoms with Crippen LogP contribution in [0.5, 0.6) is 5.75 Å². The van der Waals surface area contributed by atoms with Crippen LogP contribution < -0.4 is 10.1 Å². The smallest absolute Gasteiger partial charge is 0.194 e. The van der Waals surface area contributed by atoms with Gasteiger partial charge < -0.3 is 15.0 Å². The Balaban J connectivity index is 0.00000208. The van der Waals surface area contributed by atoms with E-state index in [1.54, 1.807) is 0 Å². The normalized spacial score (nSPS) is 24.3. The third kappa shape index (κ3) is 5.37. The minimum atomic E-state index is 0. The van der Waals surface area contributed by atoms with E-state index in [9.17, 15) is 0 Å². The molecule has 2 atom stereocenters. The van der Waals surface area contributed by atoms with Gasteiger partial charge in [-0.3, -0.25) is 4.99 Å². The van der Waals surface area contributed by atoms with Crippen LogP contribution in [0, 0.1) is 9.49 Å². The number of halogens is 2. The quantitative estimate of drug-likeness (QED) is 0.345. The molecule has 0 amide bonds. The lowest BCUT2D eigenvalue weighted by molar-refractivity contribution is 0.128. The van der Waals surface area contributed by atoms with E-state index in [0.717, 1.165) is 50.1 Å². The van der Waals surface area contributed by atoms with Crippen LogP contribution in [0.2, 0.25) is 0 Å². The minimum absolute atomic E-state index is 0. The van der Waals surface area contributed by atoms with Crippen LogP contribution >= 0.6 is 46.6 Å². The topological polar surface area (TPSA) is 36.9 Å². The van der Waals surface area contributed by atoms with E-state index in [1.807, 2.05) is 6.07 Å². The predicted molar refractivity (Wildman–Crippen MR) is 118 cm³/mol. The van der Waals surface area contributed by atoms with Gasteiger partial charge in [-0.25, -0.2) is 0 Å². The summed E-state index contributed by atoms with van der Waals surface area (Å²) in [5, 5.41) is 3.62. The van der Waals surface area contributed by atoms with Crippen LogP contribution in [0.25, 0.3) is 0 Å². The van der Waals surface area contributed by atoms with Crippen molar-refractivity contribution in [2.24, 2.45) is 10.9 Å². The zero-order chi connectivity index (χ0) is 16.2. The summed E-state index contributed by atoms with van der Waals surface area (Å²) in [4.78, 5) is 7.07. The molecule has 3 rings (SSSR count). The number of ether oxygens (including phenoxy) is 1. The molecule has 1 aromatic rings. The number of hydrogen-bond donors (Lipinski definition) is 1. The number of para-hydroxylation sites is 1. The van der Waals surface area contributed by atoms with Crippen molar-refractivity contribution in [3.05, 3.63) is 27.8 Å². The SMILES string of the molecule is CCN=C(NC1CC1C)N1CCC(Oc2ccccc2I)CC1.I. The summed E-state index contributed by atoms with van der Waals surface area (Å²) in [5.74, 6) is 2.90. The molecule has 24 heavy (non-hydrogen) atoms. The van der Waals surface area contributed by atoms with Crippen molar-refractivity contribution >= 4 is 52.5 Å². The molecule has 1 aliphatic carbocycles. The molecule has 1 heterocycles. The molecule has 0 spiro atoms. The predicted octanol–water partition coefficient (Wildman–Crippen LogP) is 4.13. The summed E-state index contributed by atoms with van der Waals surface area (Å²) < 4.78 is 7.38. The van der Waals surface area contributed by atoms with Crippen molar-refractivity contribution in [3.8, 4) is 5.75 Å². The molecule has 1 N–H and O–H groups in total. The third-order valence-corrected chi connectivity index (χ3v) is 5.49. The second kappa shape index (κ2) is 9.45. The van der Waals surface area contributed by atoms with E-state index in [2.05, 4.69) is 69.8 Å². The van der Waals surface area contributed by atoms with Gasteiger partial charge in [-0.15, -0.1) is 24.0 Å². The number of benzene rings is 1. The van der Waals surface area contributed by atoms with Crippen LogP contribution in [0.1, 0.15) is 33.1 Å². The first kappa shape index (κ1) is 20.1. The minimum Gasteiger partial charge on any atom is -0.489 e. The van der Waals surface area contributed by atoms with E-state index >= 15 is 0 Å². The van der Waals surface area contributed by atoms with Crippen LogP contribution in [0.3, 0.4) is 0 Å². The van der Waals surface area contributed by atoms with Gasteiger partial charge in [0.2, 0.25) is 0 Å². The highest BCUT2D eigenvalue weighted by atomic mass is 127. The monoisotopic (exact) mass is 555 g/mol. The fourth-order valence-corrected chi connectivity index (χ4v) is 3.50. The van der Waals surface area contributed by atoms with Crippen LogP contribution in [-0.4, -0.2) is 42.6 Å². The first-order valence-electron chi connectivity index (χ1n) is 8.64. The summed E-state index contributed by atoms with van der Waals surface area (Å²) in [6.07, 6.45) is 3.69. The Bertz CT molecular complexity index is 559. The Kier molecular flexibility index (Phi) is 7.90. The Morgan fingerprint density at radius 1 is 1.33 bits per heavy atom. The standard InChI is InChI=1S/C18H26IN3O.HI/c1-3-20-18(21-16-12-13(16)2)22-10-8-14(9-11-22)23-17-7-5-4-6-15(17)19;/h4-7,13-14,16H,3,8-12H2,1-2H3,(H,20,21);1H. The van der Waals surface area contributed by atoms with Crippen molar-refractivity contribution in [1.82, 2.24) is 10.2 Å².